The molecule has 9 heteroatoms. The summed E-state index contributed by atoms with van der Waals surface area (Å²) in [5.41, 5.74) is -1.20. The van der Waals surface area contributed by atoms with Gasteiger partial charge in [-0.05, 0) is 26.2 Å². The van der Waals surface area contributed by atoms with E-state index in [1.165, 1.54) is 6.92 Å². The summed E-state index contributed by atoms with van der Waals surface area (Å²) in [7, 11) is -3.98. The summed E-state index contributed by atoms with van der Waals surface area (Å²) in [4.78, 5) is 24.1. The third kappa shape index (κ3) is 2.08. The number of aryl methyl sites for hydroxylation is 1. The Morgan fingerprint density at radius 3 is 2.44 bits per heavy atom. The first kappa shape index (κ1) is 13.2. The third-order valence-electron chi connectivity index (χ3n) is 2.97. The van der Waals surface area contributed by atoms with Gasteiger partial charge in [-0.15, -0.1) is 0 Å². The lowest BCUT2D eigenvalue weighted by molar-refractivity contribution is -0.147. The summed E-state index contributed by atoms with van der Waals surface area (Å²) in [5, 5.41) is 9.08. The fraction of sp³-hybridized carbons (Fsp3) is 0.556. The molecule has 0 amide bonds. The fourth-order valence-electron chi connectivity index (χ4n) is 1.84. The van der Waals surface area contributed by atoms with Gasteiger partial charge in [-0.2, -0.15) is 4.72 Å². The van der Waals surface area contributed by atoms with E-state index in [2.05, 4.69) is 9.71 Å². The molecule has 2 rings (SSSR count). The molecule has 0 radical (unpaired) electrons. The fourth-order valence-corrected chi connectivity index (χ4v) is 4.56. The van der Waals surface area contributed by atoms with E-state index in [0.29, 0.717) is 17.8 Å². The van der Waals surface area contributed by atoms with E-state index >= 15 is 0 Å². The van der Waals surface area contributed by atoms with Crippen LogP contribution < -0.4 is 9.60 Å². The van der Waals surface area contributed by atoms with Crippen molar-refractivity contribution in [3.8, 4) is 0 Å². The standard InChI is InChI=1S/C9H12N2O5S2/c1-5-6(17-8(14)10-5)18(15,16)11-9(7(12)13)3-2-4-9/h11H,2-4H2,1H3,(H,10,14)(H,12,13). The van der Waals surface area contributed by atoms with E-state index in [4.69, 9.17) is 5.11 Å². The average molecular weight is 292 g/mol. The van der Waals surface area contributed by atoms with Gasteiger partial charge in [0.2, 0.25) is 0 Å². The molecule has 0 saturated heterocycles. The van der Waals surface area contributed by atoms with Crippen molar-refractivity contribution in [2.24, 2.45) is 0 Å². The Hall–Kier alpha value is -1.19. The van der Waals surface area contributed by atoms with Crippen LogP contribution in [0.25, 0.3) is 0 Å². The molecule has 0 atom stereocenters. The lowest BCUT2D eigenvalue weighted by Crippen LogP contribution is -2.58. The smallest absolute Gasteiger partial charge is 0.324 e. The quantitative estimate of drug-likeness (QED) is 0.724. The molecular formula is C9H12N2O5S2. The first-order chi connectivity index (χ1) is 8.27. The van der Waals surface area contributed by atoms with E-state index in [0.717, 1.165) is 0 Å². The second-order valence-corrected chi connectivity index (χ2v) is 7.13. The summed E-state index contributed by atoms with van der Waals surface area (Å²) in [6.45, 7) is 1.46. The number of rotatable bonds is 4. The number of aromatic nitrogens is 1. The number of carboxylic acid groups (broad SMARTS) is 1. The van der Waals surface area contributed by atoms with Crippen LogP contribution >= 0.6 is 11.3 Å². The van der Waals surface area contributed by atoms with Gasteiger partial charge in [0.05, 0.1) is 0 Å². The van der Waals surface area contributed by atoms with Crippen LogP contribution in [-0.2, 0) is 14.8 Å². The van der Waals surface area contributed by atoms with E-state index in [1.807, 2.05) is 0 Å². The molecule has 0 bridgehead atoms. The largest absolute Gasteiger partial charge is 0.480 e. The highest BCUT2D eigenvalue weighted by Crippen LogP contribution is 2.34. The molecule has 1 saturated carbocycles. The normalized spacial score (nSPS) is 18.3. The van der Waals surface area contributed by atoms with Gasteiger partial charge < -0.3 is 10.1 Å². The van der Waals surface area contributed by atoms with Crippen molar-refractivity contribution in [3.05, 3.63) is 15.4 Å². The second kappa shape index (κ2) is 4.18. The average Bonchev–Trinajstić information content (AvgIpc) is 2.52. The van der Waals surface area contributed by atoms with Crippen molar-refractivity contribution in [1.29, 1.82) is 0 Å². The second-order valence-electron chi connectivity index (χ2n) is 4.27. The Kier molecular flexibility index (Phi) is 3.07. The van der Waals surface area contributed by atoms with Gasteiger partial charge in [-0.25, -0.2) is 8.42 Å². The van der Waals surface area contributed by atoms with Crippen LogP contribution in [0.15, 0.2) is 9.00 Å². The number of sulfonamides is 1. The Morgan fingerprint density at radius 2 is 2.11 bits per heavy atom. The Morgan fingerprint density at radius 1 is 1.50 bits per heavy atom. The zero-order valence-electron chi connectivity index (χ0n) is 9.52. The molecule has 1 aliphatic rings. The molecular weight excluding hydrogens is 280 g/mol. The summed E-state index contributed by atoms with van der Waals surface area (Å²) in [5.74, 6) is -1.18. The first-order valence-corrected chi connectivity index (χ1v) is 7.54. The topological polar surface area (TPSA) is 116 Å². The van der Waals surface area contributed by atoms with Crippen molar-refractivity contribution in [3.63, 3.8) is 0 Å². The van der Waals surface area contributed by atoms with Gasteiger partial charge >= 0.3 is 10.8 Å². The Balaban J connectivity index is 2.36. The van der Waals surface area contributed by atoms with Crippen LogP contribution in [0.2, 0.25) is 0 Å². The lowest BCUT2D eigenvalue weighted by Gasteiger charge is -2.37. The molecule has 1 aromatic heterocycles. The van der Waals surface area contributed by atoms with E-state index in [1.54, 1.807) is 0 Å². The van der Waals surface area contributed by atoms with Gasteiger partial charge in [0.1, 0.15) is 5.54 Å². The Labute approximate surface area is 107 Å². The van der Waals surface area contributed by atoms with Crippen molar-refractivity contribution < 1.29 is 18.3 Å². The molecule has 3 N–H and O–H groups in total. The number of aromatic amines is 1. The van der Waals surface area contributed by atoms with Crippen LogP contribution in [0.5, 0.6) is 0 Å². The molecule has 1 aromatic rings. The van der Waals surface area contributed by atoms with Gasteiger partial charge in [0.25, 0.3) is 10.0 Å². The molecule has 7 nitrogen and oxygen atoms in total. The monoisotopic (exact) mass is 292 g/mol. The number of nitrogens with one attached hydrogen (secondary N) is 2. The van der Waals surface area contributed by atoms with Crippen LogP contribution in [0.3, 0.4) is 0 Å². The highest BCUT2D eigenvalue weighted by molar-refractivity contribution is 7.91. The predicted molar refractivity (Wildman–Crippen MR) is 64.2 cm³/mol. The highest BCUT2D eigenvalue weighted by Gasteiger charge is 2.48. The summed E-state index contributed by atoms with van der Waals surface area (Å²) in [6, 6.07) is 0. The van der Waals surface area contributed by atoms with Crippen LogP contribution in [-0.4, -0.2) is 30.0 Å². The van der Waals surface area contributed by atoms with Gasteiger partial charge in [-0.3, -0.25) is 9.59 Å². The predicted octanol–water partition coefficient (Wildman–Crippen LogP) is 0.0304. The highest BCUT2D eigenvalue weighted by atomic mass is 32.2. The zero-order chi connectivity index (χ0) is 13.6. The molecule has 18 heavy (non-hydrogen) atoms. The maximum atomic E-state index is 12.1. The van der Waals surface area contributed by atoms with Crippen LogP contribution in [0.1, 0.15) is 25.0 Å². The number of hydrogen-bond donors (Lipinski definition) is 3. The van der Waals surface area contributed by atoms with E-state index < -0.39 is 26.4 Å². The first-order valence-electron chi connectivity index (χ1n) is 5.24. The number of carbonyl (C=O) groups is 1. The molecule has 100 valence electrons. The minimum atomic E-state index is -3.98. The van der Waals surface area contributed by atoms with Crippen molar-refractivity contribution >= 4 is 27.3 Å². The van der Waals surface area contributed by atoms with Crippen molar-refractivity contribution in [2.45, 2.75) is 35.9 Å². The summed E-state index contributed by atoms with van der Waals surface area (Å²) in [6.07, 6.45) is 1.19. The molecule has 1 aliphatic carbocycles. The minimum Gasteiger partial charge on any atom is -0.480 e. The van der Waals surface area contributed by atoms with Crippen molar-refractivity contribution in [2.75, 3.05) is 0 Å². The molecule has 0 unspecified atom stereocenters. The van der Waals surface area contributed by atoms with Gasteiger partial charge in [0.15, 0.2) is 4.21 Å². The number of carboxylic acids is 1. The molecule has 1 heterocycles. The van der Waals surface area contributed by atoms with Gasteiger partial charge in [0, 0.05) is 5.69 Å². The maximum absolute atomic E-state index is 12.1. The molecule has 1 fully saturated rings. The molecule has 0 aromatic carbocycles. The lowest BCUT2D eigenvalue weighted by atomic mass is 9.78. The van der Waals surface area contributed by atoms with E-state index in [9.17, 15) is 18.0 Å². The number of thiazole rings is 1. The summed E-state index contributed by atoms with van der Waals surface area (Å²) >= 11 is 0.554. The number of H-pyrrole nitrogens is 1. The SMILES string of the molecule is Cc1[nH]c(=O)sc1S(=O)(=O)NC1(C(=O)O)CCC1. The third-order valence-corrected chi connectivity index (χ3v) is 6.11. The summed E-state index contributed by atoms with van der Waals surface area (Å²) < 4.78 is 26.2. The van der Waals surface area contributed by atoms with E-state index in [-0.39, 0.29) is 22.7 Å². The zero-order valence-corrected chi connectivity index (χ0v) is 11.2. The van der Waals surface area contributed by atoms with Gasteiger partial charge in [-0.1, -0.05) is 11.3 Å². The number of hydrogen-bond acceptors (Lipinski definition) is 5. The van der Waals surface area contributed by atoms with Crippen LogP contribution in [0, 0.1) is 6.92 Å². The van der Waals surface area contributed by atoms with Crippen LogP contribution in [0.4, 0.5) is 0 Å². The number of aliphatic carboxylic acids is 1. The minimum absolute atomic E-state index is 0.153. The maximum Gasteiger partial charge on any atom is 0.324 e. The Bertz CT molecular complexity index is 638. The molecule has 0 spiro atoms. The molecule has 0 aliphatic heterocycles. The van der Waals surface area contributed by atoms with Crippen molar-refractivity contribution in [1.82, 2.24) is 9.71 Å².